The molecule has 0 fully saturated rings. The average molecular weight is 999 g/mol. The largest absolute Gasteiger partial charge is 0.466 e. The van der Waals surface area contributed by atoms with E-state index in [1.165, 1.54) is 257 Å². The number of ether oxygens (including phenoxy) is 1. The minimum Gasteiger partial charge on any atom is -0.466 e. The maximum Gasteiger partial charge on any atom is 0.305 e. The van der Waals surface area contributed by atoms with Gasteiger partial charge in [0.05, 0.1) is 25.4 Å². The molecule has 71 heavy (non-hydrogen) atoms. The first-order chi connectivity index (χ1) is 35.0. The highest BCUT2D eigenvalue weighted by molar-refractivity contribution is 5.76. The molecule has 0 aromatic heterocycles. The van der Waals surface area contributed by atoms with Crippen molar-refractivity contribution in [3.63, 3.8) is 0 Å². The molecule has 0 saturated heterocycles. The molecule has 0 aromatic rings. The number of unbranched alkanes of at least 4 members (excludes halogenated alkanes) is 42. The normalized spacial score (nSPS) is 12.8. The van der Waals surface area contributed by atoms with Gasteiger partial charge in [0.1, 0.15) is 0 Å². The third-order valence-electron chi connectivity index (χ3n) is 14.6. The lowest BCUT2D eigenvalue weighted by Gasteiger charge is -2.22. The summed E-state index contributed by atoms with van der Waals surface area (Å²) in [5.74, 6) is -0.0337. The topological polar surface area (TPSA) is 95.9 Å². The van der Waals surface area contributed by atoms with Crippen LogP contribution in [-0.2, 0) is 14.3 Å². The van der Waals surface area contributed by atoms with Crippen molar-refractivity contribution >= 4 is 11.9 Å². The summed E-state index contributed by atoms with van der Waals surface area (Å²) in [6.07, 6.45) is 76.0. The predicted molar refractivity (Wildman–Crippen MR) is 310 cm³/mol. The molecule has 6 heteroatoms. The van der Waals surface area contributed by atoms with Crippen molar-refractivity contribution in [3.8, 4) is 0 Å². The van der Waals surface area contributed by atoms with E-state index >= 15 is 0 Å². The molecule has 0 aromatic carbocycles. The summed E-state index contributed by atoms with van der Waals surface area (Å²) < 4.78 is 5.47. The van der Waals surface area contributed by atoms with Gasteiger partial charge in [0.25, 0.3) is 0 Å². The summed E-state index contributed by atoms with van der Waals surface area (Å²) in [4.78, 5) is 24.5. The van der Waals surface area contributed by atoms with Crippen molar-refractivity contribution < 1.29 is 24.5 Å². The highest BCUT2D eigenvalue weighted by atomic mass is 16.5. The molecule has 0 aliphatic heterocycles. The molecule has 6 nitrogen and oxygen atoms in total. The predicted octanol–water partition coefficient (Wildman–Crippen LogP) is 20.0. The molecule has 0 rings (SSSR count). The molecule has 0 aliphatic rings. The molecule has 2 atom stereocenters. The Labute approximate surface area is 443 Å². The van der Waals surface area contributed by atoms with Crippen LogP contribution in [0.15, 0.2) is 36.5 Å². The van der Waals surface area contributed by atoms with Gasteiger partial charge in [0, 0.05) is 12.8 Å². The molecule has 1 amide bonds. The maximum atomic E-state index is 12.5. The van der Waals surface area contributed by atoms with Gasteiger partial charge in [-0.05, 0) is 77.0 Å². The van der Waals surface area contributed by atoms with Crippen LogP contribution in [0.25, 0.3) is 0 Å². The van der Waals surface area contributed by atoms with Gasteiger partial charge in [-0.1, -0.05) is 288 Å². The van der Waals surface area contributed by atoms with E-state index in [2.05, 4.69) is 55.6 Å². The zero-order valence-electron chi connectivity index (χ0n) is 47.7. The second-order valence-electron chi connectivity index (χ2n) is 21.7. The monoisotopic (exact) mass is 998 g/mol. The highest BCUT2D eigenvalue weighted by Crippen LogP contribution is 2.18. The van der Waals surface area contributed by atoms with Gasteiger partial charge >= 0.3 is 5.97 Å². The van der Waals surface area contributed by atoms with Crippen LogP contribution in [-0.4, -0.2) is 47.4 Å². The number of allylic oxidation sites excluding steroid dienone is 6. The van der Waals surface area contributed by atoms with Crippen LogP contribution in [0.5, 0.6) is 0 Å². The molecule has 0 heterocycles. The maximum absolute atomic E-state index is 12.5. The van der Waals surface area contributed by atoms with Crippen LogP contribution in [0.4, 0.5) is 0 Å². The Kier molecular flexibility index (Phi) is 59.0. The van der Waals surface area contributed by atoms with Crippen molar-refractivity contribution in [1.29, 1.82) is 0 Å². The molecule has 0 aliphatic carbocycles. The van der Waals surface area contributed by atoms with Gasteiger partial charge < -0.3 is 20.3 Å². The SMILES string of the molecule is CCC/C=C\C/C=C\CCCCCCCC(=O)OCCCCCCCCCCCCCC/C=C\CCCCCCCCCCCCCCC(=O)NC(CO)C(O)CCCCCCCCCCCCCCC. The van der Waals surface area contributed by atoms with Gasteiger partial charge in [-0.3, -0.25) is 9.59 Å². The summed E-state index contributed by atoms with van der Waals surface area (Å²) in [6, 6.07) is -0.541. The lowest BCUT2D eigenvalue weighted by molar-refractivity contribution is -0.143. The van der Waals surface area contributed by atoms with Gasteiger partial charge in [-0.15, -0.1) is 0 Å². The summed E-state index contributed by atoms with van der Waals surface area (Å²) >= 11 is 0. The van der Waals surface area contributed by atoms with E-state index in [1.54, 1.807) is 0 Å². The number of hydrogen-bond donors (Lipinski definition) is 3. The zero-order chi connectivity index (χ0) is 51.4. The van der Waals surface area contributed by atoms with Gasteiger partial charge in [-0.2, -0.15) is 0 Å². The fourth-order valence-corrected chi connectivity index (χ4v) is 9.79. The Hall–Kier alpha value is -1.92. The molecule has 3 N–H and O–H groups in total. The van der Waals surface area contributed by atoms with Crippen LogP contribution in [0.1, 0.15) is 341 Å². The molecule has 0 saturated carbocycles. The van der Waals surface area contributed by atoms with Crippen LogP contribution < -0.4 is 5.32 Å². The average Bonchev–Trinajstić information content (AvgIpc) is 3.37. The third kappa shape index (κ3) is 57.2. The van der Waals surface area contributed by atoms with E-state index in [4.69, 9.17) is 4.74 Å². The number of esters is 1. The first kappa shape index (κ1) is 69.1. The molecule has 2 unspecified atom stereocenters. The summed E-state index contributed by atoms with van der Waals surface area (Å²) in [6.45, 7) is 4.89. The summed E-state index contributed by atoms with van der Waals surface area (Å²) in [5.41, 5.74) is 0. The Morgan fingerprint density at radius 3 is 1.14 bits per heavy atom. The number of aliphatic hydroxyl groups is 2. The van der Waals surface area contributed by atoms with Crippen LogP contribution in [0.2, 0.25) is 0 Å². The third-order valence-corrected chi connectivity index (χ3v) is 14.6. The van der Waals surface area contributed by atoms with Crippen LogP contribution in [0.3, 0.4) is 0 Å². The van der Waals surface area contributed by atoms with Gasteiger partial charge in [-0.25, -0.2) is 0 Å². The first-order valence-electron chi connectivity index (χ1n) is 31.7. The minimum absolute atomic E-state index is 0.000386. The quantitative estimate of drug-likeness (QED) is 0.0321. The van der Waals surface area contributed by atoms with Crippen molar-refractivity contribution in [2.24, 2.45) is 0 Å². The smallest absolute Gasteiger partial charge is 0.305 e. The second kappa shape index (κ2) is 60.6. The van der Waals surface area contributed by atoms with Crippen molar-refractivity contribution in [3.05, 3.63) is 36.5 Å². The van der Waals surface area contributed by atoms with Crippen molar-refractivity contribution in [1.82, 2.24) is 5.32 Å². The zero-order valence-corrected chi connectivity index (χ0v) is 47.7. The molecular formula is C65H123NO5. The molecule has 418 valence electrons. The van der Waals surface area contributed by atoms with E-state index < -0.39 is 12.1 Å². The number of carbonyl (C=O) groups is 2. The lowest BCUT2D eigenvalue weighted by atomic mass is 10.0. The van der Waals surface area contributed by atoms with E-state index in [-0.39, 0.29) is 18.5 Å². The molecule has 0 bridgehead atoms. The first-order valence-corrected chi connectivity index (χ1v) is 31.7. The van der Waals surface area contributed by atoms with E-state index in [1.807, 2.05) is 0 Å². The van der Waals surface area contributed by atoms with Gasteiger partial charge in [0.2, 0.25) is 5.91 Å². The van der Waals surface area contributed by atoms with Crippen LogP contribution >= 0.6 is 0 Å². The number of aliphatic hydroxyl groups excluding tert-OH is 2. The number of carbonyl (C=O) groups excluding carboxylic acids is 2. The number of amides is 1. The lowest BCUT2D eigenvalue weighted by Crippen LogP contribution is -2.45. The number of hydrogen-bond acceptors (Lipinski definition) is 5. The Balaban J connectivity index is 3.37. The second-order valence-corrected chi connectivity index (χ2v) is 21.7. The summed E-state index contributed by atoms with van der Waals surface area (Å²) in [5, 5.41) is 23.3. The molecule has 0 radical (unpaired) electrons. The Morgan fingerprint density at radius 1 is 0.394 bits per heavy atom. The van der Waals surface area contributed by atoms with E-state index in [0.29, 0.717) is 25.9 Å². The minimum atomic E-state index is -0.663. The fraction of sp³-hybridized carbons (Fsp3) is 0.877. The fourth-order valence-electron chi connectivity index (χ4n) is 9.79. The summed E-state index contributed by atoms with van der Waals surface area (Å²) in [7, 11) is 0. The van der Waals surface area contributed by atoms with Crippen LogP contribution in [0, 0.1) is 0 Å². The highest BCUT2D eigenvalue weighted by Gasteiger charge is 2.20. The van der Waals surface area contributed by atoms with Crippen molar-refractivity contribution in [2.75, 3.05) is 13.2 Å². The van der Waals surface area contributed by atoms with Gasteiger partial charge in [0.15, 0.2) is 0 Å². The molecule has 0 spiro atoms. The number of rotatable bonds is 59. The molecular weight excluding hydrogens is 875 g/mol. The van der Waals surface area contributed by atoms with Crippen molar-refractivity contribution in [2.45, 2.75) is 353 Å². The Morgan fingerprint density at radius 2 is 0.732 bits per heavy atom. The van der Waals surface area contributed by atoms with E-state index in [0.717, 1.165) is 51.4 Å². The van der Waals surface area contributed by atoms with E-state index in [9.17, 15) is 19.8 Å². The standard InChI is InChI=1S/C65H123NO5/c1-3-5-7-9-11-13-15-33-37-41-45-49-53-57-63(68)62(61-67)66-64(69)58-54-50-46-42-38-35-31-29-27-25-23-21-19-17-18-20-22-24-26-28-30-32-36-40-44-48-52-56-60-71-65(70)59-55-51-47-43-39-34-16-14-12-10-8-6-4-2/h8,10,14,16-18,62-63,67-68H,3-7,9,11-13,15,19-61H2,1-2H3,(H,66,69)/b10-8-,16-14-,18-17-. The Bertz CT molecular complexity index is 1150. The number of nitrogens with one attached hydrogen (secondary N) is 1.